The molecule has 2 aliphatic rings. The molecular formula is C22H36IN5O2. The number of rotatable bonds is 7. The summed E-state index contributed by atoms with van der Waals surface area (Å²) >= 11 is 0. The maximum absolute atomic E-state index is 12.1. The van der Waals surface area contributed by atoms with E-state index in [-0.39, 0.29) is 29.9 Å². The van der Waals surface area contributed by atoms with Crippen LogP contribution in [-0.2, 0) is 16.1 Å². The van der Waals surface area contributed by atoms with Gasteiger partial charge < -0.3 is 20.3 Å². The molecule has 8 heteroatoms. The van der Waals surface area contributed by atoms with Crippen LogP contribution in [0.15, 0.2) is 29.3 Å². The molecule has 0 aromatic heterocycles. The predicted molar refractivity (Wildman–Crippen MR) is 133 cm³/mol. The van der Waals surface area contributed by atoms with Gasteiger partial charge in [0.05, 0.1) is 19.8 Å². The number of carbonyl (C=O) groups excluding carboxylic acids is 1. The van der Waals surface area contributed by atoms with Gasteiger partial charge in [0.15, 0.2) is 5.96 Å². The zero-order valence-electron chi connectivity index (χ0n) is 18.2. The summed E-state index contributed by atoms with van der Waals surface area (Å²) in [5, 5.41) is 6.78. The predicted octanol–water partition coefficient (Wildman–Crippen LogP) is 2.60. The van der Waals surface area contributed by atoms with E-state index in [0.29, 0.717) is 19.0 Å². The minimum Gasteiger partial charge on any atom is -0.379 e. The first-order valence-electron chi connectivity index (χ1n) is 10.9. The molecule has 1 aromatic carbocycles. The van der Waals surface area contributed by atoms with Gasteiger partial charge in [-0.15, -0.1) is 24.0 Å². The number of anilines is 1. The number of hydrogen-bond donors (Lipinski definition) is 2. The van der Waals surface area contributed by atoms with Gasteiger partial charge in [0.2, 0.25) is 5.91 Å². The maximum atomic E-state index is 12.1. The second-order valence-electron chi connectivity index (χ2n) is 7.74. The molecule has 1 unspecified atom stereocenters. The molecule has 7 nitrogen and oxygen atoms in total. The number of aliphatic imine (C=N–C) groups is 1. The standard InChI is InChI=1S/C22H35N5O2.HI/c1-3-23-22(24-16-18(2)26-12-14-29-15-13-26)25-17-19-7-9-20(10-8-19)27-11-5-4-6-21(27)28;/h7-10,18H,3-6,11-17H2,1-2H3,(H2,23,24,25);1H. The highest BCUT2D eigenvalue weighted by Gasteiger charge is 2.19. The van der Waals surface area contributed by atoms with Crippen LogP contribution in [0.4, 0.5) is 5.69 Å². The Morgan fingerprint density at radius 1 is 1.13 bits per heavy atom. The van der Waals surface area contributed by atoms with Gasteiger partial charge in [-0.05, 0) is 44.4 Å². The summed E-state index contributed by atoms with van der Waals surface area (Å²) < 4.78 is 5.43. The number of benzene rings is 1. The summed E-state index contributed by atoms with van der Waals surface area (Å²) in [5.41, 5.74) is 2.13. The van der Waals surface area contributed by atoms with Gasteiger partial charge in [-0.1, -0.05) is 12.1 Å². The van der Waals surface area contributed by atoms with E-state index in [0.717, 1.165) is 76.0 Å². The van der Waals surface area contributed by atoms with E-state index in [1.54, 1.807) is 0 Å². The smallest absolute Gasteiger partial charge is 0.226 e. The Balaban J connectivity index is 0.00000320. The molecule has 0 aliphatic carbocycles. The monoisotopic (exact) mass is 529 g/mol. The second-order valence-corrected chi connectivity index (χ2v) is 7.74. The highest BCUT2D eigenvalue weighted by molar-refractivity contribution is 14.0. The van der Waals surface area contributed by atoms with Crippen molar-refractivity contribution in [1.82, 2.24) is 15.5 Å². The molecular weight excluding hydrogens is 493 g/mol. The molecule has 2 fully saturated rings. The van der Waals surface area contributed by atoms with E-state index in [1.165, 1.54) is 0 Å². The minimum absolute atomic E-state index is 0. The van der Waals surface area contributed by atoms with Crippen LogP contribution in [0, 0.1) is 0 Å². The summed E-state index contributed by atoms with van der Waals surface area (Å²) in [6.45, 7) is 11.0. The number of carbonyl (C=O) groups is 1. The van der Waals surface area contributed by atoms with Crippen LogP contribution in [0.2, 0.25) is 0 Å². The van der Waals surface area contributed by atoms with Crippen molar-refractivity contribution in [1.29, 1.82) is 0 Å². The number of amides is 1. The number of halogens is 1. The third-order valence-corrected chi connectivity index (χ3v) is 5.57. The highest BCUT2D eigenvalue weighted by atomic mass is 127. The topological polar surface area (TPSA) is 69.2 Å². The van der Waals surface area contributed by atoms with Crippen molar-refractivity contribution >= 4 is 41.5 Å². The van der Waals surface area contributed by atoms with E-state index in [1.807, 2.05) is 17.0 Å². The molecule has 2 saturated heterocycles. The molecule has 0 spiro atoms. The molecule has 30 heavy (non-hydrogen) atoms. The molecule has 3 rings (SSSR count). The van der Waals surface area contributed by atoms with Crippen molar-refractivity contribution in [3.63, 3.8) is 0 Å². The summed E-state index contributed by atoms with van der Waals surface area (Å²) in [4.78, 5) is 21.2. The number of piperidine rings is 1. The lowest BCUT2D eigenvalue weighted by molar-refractivity contribution is -0.119. The number of guanidine groups is 1. The van der Waals surface area contributed by atoms with E-state index < -0.39 is 0 Å². The van der Waals surface area contributed by atoms with Crippen LogP contribution in [0.1, 0.15) is 38.7 Å². The van der Waals surface area contributed by atoms with Crippen molar-refractivity contribution in [2.45, 2.75) is 45.7 Å². The van der Waals surface area contributed by atoms with E-state index >= 15 is 0 Å². The van der Waals surface area contributed by atoms with Crippen molar-refractivity contribution in [2.24, 2.45) is 4.99 Å². The van der Waals surface area contributed by atoms with Crippen molar-refractivity contribution in [2.75, 3.05) is 50.8 Å². The zero-order chi connectivity index (χ0) is 20.5. The highest BCUT2D eigenvalue weighted by Crippen LogP contribution is 2.21. The fraction of sp³-hybridized carbons (Fsp3) is 0.636. The first kappa shape index (κ1) is 24.9. The Hall–Kier alpha value is -1.39. The molecule has 0 saturated carbocycles. The summed E-state index contributed by atoms with van der Waals surface area (Å²) in [6.07, 6.45) is 2.75. The largest absolute Gasteiger partial charge is 0.379 e. The number of nitrogens with zero attached hydrogens (tertiary/aromatic N) is 3. The lowest BCUT2D eigenvalue weighted by Gasteiger charge is -2.32. The molecule has 168 valence electrons. The zero-order valence-corrected chi connectivity index (χ0v) is 20.6. The fourth-order valence-corrected chi connectivity index (χ4v) is 3.76. The normalized spacial score (nSPS) is 19.2. The number of nitrogens with one attached hydrogen (secondary N) is 2. The summed E-state index contributed by atoms with van der Waals surface area (Å²) in [6, 6.07) is 8.65. The third kappa shape index (κ3) is 7.39. The Morgan fingerprint density at radius 3 is 2.53 bits per heavy atom. The van der Waals surface area contributed by atoms with Crippen molar-refractivity contribution in [3.05, 3.63) is 29.8 Å². The SMILES string of the molecule is CCNC(=NCc1ccc(N2CCCCC2=O)cc1)NCC(C)N1CCOCC1.I. The molecule has 0 radical (unpaired) electrons. The van der Waals surface area contributed by atoms with Crippen LogP contribution in [0.3, 0.4) is 0 Å². The van der Waals surface area contributed by atoms with Gasteiger partial charge in [-0.3, -0.25) is 9.69 Å². The van der Waals surface area contributed by atoms with E-state index in [9.17, 15) is 4.79 Å². The first-order valence-corrected chi connectivity index (χ1v) is 10.9. The van der Waals surface area contributed by atoms with Crippen LogP contribution in [-0.4, -0.2) is 68.7 Å². The first-order chi connectivity index (χ1) is 14.2. The average molecular weight is 529 g/mol. The van der Waals surface area contributed by atoms with Gasteiger partial charge in [-0.2, -0.15) is 0 Å². The van der Waals surface area contributed by atoms with Crippen LogP contribution in [0.5, 0.6) is 0 Å². The Bertz CT molecular complexity index is 677. The van der Waals surface area contributed by atoms with Gasteiger partial charge in [0, 0.05) is 50.9 Å². The summed E-state index contributed by atoms with van der Waals surface area (Å²) in [7, 11) is 0. The molecule has 0 bridgehead atoms. The van der Waals surface area contributed by atoms with Gasteiger partial charge >= 0.3 is 0 Å². The number of ether oxygens (including phenoxy) is 1. The molecule has 1 atom stereocenters. The molecule has 1 aromatic rings. The van der Waals surface area contributed by atoms with Crippen molar-refractivity contribution in [3.8, 4) is 0 Å². The van der Waals surface area contributed by atoms with Gasteiger partial charge in [0.1, 0.15) is 0 Å². The fourth-order valence-electron chi connectivity index (χ4n) is 3.76. The molecule has 2 aliphatic heterocycles. The van der Waals surface area contributed by atoms with E-state index in [4.69, 9.17) is 9.73 Å². The number of hydrogen-bond acceptors (Lipinski definition) is 4. The third-order valence-electron chi connectivity index (χ3n) is 5.57. The van der Waals surface area contributed by atoms with Crippen LogP contribution < -0.4 is 15.5 Å². The van der Waals surface area contributed by atoms with Gasteiger partial charge in [-0.25, -0.2) is 4.99 Å². The Morgan fingerprint density at radius 2 is 1.87 bits per heavy atom. The van der Waals surface area contributed by atoms with Gasteiger partial charge in [0.25, 0.3) is 0 Å². The minimum atomic E-state index is 0. The molecule has 2 heterocycles. The van der Waals surface area contributed by atoms with Crippen molar-refractivity contribution < 1.29 is 9.53 Å². The lowest BCUT2D eigenvalue weighted by atomic mass is 10.1. The molecule has 1 amide bonds. The van der Waals surface area contributed by atoms with Crippen LogP contribution in [0.25, 0.3) is 0 Å². The summed E-state index contributed by atoms with van der Waals surface area (Å²) in [5.74, 6) is 1.07. The molecule has 2 N–H and O–H groups in total. The average Bonchev–Trinajstić information content (AvgIpc) is 2.77. The van der Waals surface area contributed by atoms with Crippen LogP contribution >= 0.6 is 24.0 Å². The second kappa shape index (κ2) is 13.1. The Kier molecular flexibility index (Phi) is 10.9. The lowest BCUT2D eigenvalue weighted by Crippen LogP contribution is -2.49. The maximum Gasteiger partial charge on any atom is 0.226 e. The Labute approximate surface area is 197 Å². The quantitative estimate of drug-likeness (QED) is 0.323. The van der Waals surface area contributed by atoms with E-state index in [2.05, 4.69) is 41.5 Å². The number of morpholine rings is 1.